The molecule has 34 heavy (non-hydrogen) atoms. The molecule has 2 aromatic carbocycles. The Morgan fingerprint density at radius 2 is 1.94 bits per heavy atom. The molecule has 1 amide bonds. The lowest BCUT2D eigenvalue weighted by atomic mass is 9.69. The highest BCUT2D eigenvalue weighted by molar-refractivity contribution is 7.99. The molecule has 172 valence electrons. The number of thiazole rings is 1. The maximum absolute atomic E-state index is 14.1. The number of fused-ring (bicyclic) bond motifs is 3. The fourth-order valence-corrected chi connectivity index (χ4v) is 5.78. The quantitative estimate of drug-likeness (QED) is 0.294. The molecule has 0 unspecified atom stereocenters. The predicted octanol–water partition coefficient (Wildman–Crippen LogP) is 5.31. The van der Waals surface area contributed by atoms with Gasteiger partial charge in [0.2, 0.25) is 5.91 Å². The molecule has 8 heteroatoms. The normalized spacial score (nSPS) is 16.5. The second kappa shape index (κ2) is 9.19. The van der Waals surface area contributed by atoms with Gasteiger partial charge in [-0.25, -0.2) is 9.97 Å². The van der Waals surface area contributed by atoms with Crippen molar-refractivity contribution in [3.63, 3.8) is 0 Å². The van der Waals surface area contributed by atoms with Crippen LogP contribution in [0.1, 0.15) is 31.4 Å². The Labute approximate surface area is 206 Å². The Kier molecular flexibility index (Phi) is 6.10. The number of amides is 1. The van der Waals surface area contributed by atoms with Crippen LogP contribution in [0.15, 0.2) is 76.1 Å². The SMILES string of the molecule is CC[C@]1(C)Cc2ccccc2-c2nc(SCC(=O)Nc3nccs3)n(-c3ccccc3)c(=O)c21. The van der Waals surface area contributed by atoms with Crippen molar-refractivity contribution < 1.29 is 4.79 Å². The van der Waals surface area contributed by atoms with Crippen LogP contribution >= 0.6 is 23.1 Å². The smallest absolute Gasteiger partial charge is 0.263 e. The van der Waals surface area contributed by atoms with Crippen LogP contribution < -0.4 is 10.9 Å². The summed E-state index contributed by atoms with van der Waals surface area (Å²) in [6.45, 7) is 4.27. The minimum atomic E-state index is -0.324. The summed E-state index contributed by atoms with van der Waals surface area (Å²) in [4.78, 5) is 35.8. The van der Waals surface area contributed by atoms with Crippen LogP contribution in [-0.4, -0.2) is 26.2 Å². The van der Waals surface area contributed by atoms with Gasteiger partial charge in [-0.3, -0.25) is 14.2 Å². The Balaban J connectivity index is 1.64. The molecule has 1 aliphatic rings. The van der Waals surface area contributed by atoms with Gasteiger partial charge in [0.1, 0.15) is 0 Å². The summed E-state index contributed by atoms with van der Waals surface area (Å²) in [5.41, 5.74) is 4.01. The van der Waals surface area contributed by atoms with Gasteiger partial charge in [0.05, 0.1) is 22.7 Å². The number of benzene rings is 2. The summed E-state index contributed by atoms with van der Waals surface area (Å²) >= 11 is 2.62. The number of para-hydroxylation sites is 1. The van der Waals surface area contributed by atoms with Gasteiger partial charge in [0, 0.05) is 22.6 Å². The zero-order chi connectivity index (χ0) is 23.7. The summed E-state index contributed by atoms with van der Waals surface area (Å²) in [6.07, 6.45) is 3.26. The minimum absolute atomic E-state index is 0.0714. The van der Waals surface area contributed by atoms with E-state index in [9.17, 15) is 9.59 Å². The molecule has 0 aliphatic heterocycles. The Morgan fingerprint density at radius 1 is 1.18 bits per heavy atom. The van der Waals surface area contributed by atoms with E-state index in [4.69, 9.17) is 4.98 Å². The highest BCUT2D eigenvalue weighted by atomic mass is 32.2. The van der Waals surface area contributed by atoms with Crippen molar-refractivity contribution in [3.8, 4) is 16.9 Å². The van der Waals surface area contributed by atoms with Gasteiger partial charge in [0.25, 0.3) is 5.56 Å². The third-order valence-corrected chi connectivity index (χ3v) is 7.94. The van der Waals surface area contributed by atoms with Crippen LogP contribution in [-0.2, 0) is 16.6 Å². The van der Waals surface area contributed by atoms with Gasteiger partial charge in [0.15, 0.2) is 10.3 Å². The average Bonchev–Trinajstić information content (AvgIpc) is 3.36. The van der Waals surface area contributed by atoms with Crippen molar-refractivity contribution in [1.29, 1.82) is 0 Å². The maximum Gasteiger partial charge on any atom is 0.263 e. The Hall–Kier alpha value is -3.23. The van der Waals surface area contributed by atoms with E-state index in [1.807, 2.05) is 53.9 Å². The fraction of sp³-hybridized carbons (Fsp3) is 0.231. The number of nitrogens with one attached hydrogen (secondary N) is 1. The lowest BCUT2D eigenvalue weighted by molar-refractivity contribution is -0.113. The molecule has 0 radical (unpaired) electrons. The van der Waals surface area contributed by atoms with Crippen LogP contribution in [0.2, 0.25) is 0 Å². The summed E-state index contributed by atoms with van der Waals surface area (Å²) in [5.74, 6) is -0.0741. The first-order valence-electron chi connectivity index (χ1n) is 11.1. The first-order chi connectivity index (χ1) is 16.5. The van der Waals surface area contributed by atoms with E-state index in [0.29, 0.717) is 10.3 Å². The molecule has 2 aromatic heterocycles. The number of aromatic nitrogens is 3. The molecule has 0 saturated heterocycles. The van der Waals surface area contributed by atoms with E-state index in [1.165, 1.54) is 28.7 Å². The second-order valence-corrected chi connectivity index (χ2v) is 10.4. The number of hydrogen-bond donors (Lipinski definition) is 1. The third-order valence-electron chi connectivity index (χ3n) is 6.31. The molecule has 6 nitrogen and oxygen atoms in total. The first kappa shape index (κ1) is 22.6. The topological polar surface area (TPSA) is 76.9 Å². The molecule has 5 rings (SSSR count). The predicted molar refractivity (Wildman–Crippen MR) is 138 cm³/mol. The molecule has 1 aliphatic carbocycles. The number of nitrogens with zero attached hydrogens (tertiary/aromatic N) is 3. The average molecular weight is 489 g/mol. The number of carbonyl (C=O) groups excluding carboxylic acids is 1. The lowest BCUT2D eigenvalue weighted by Gasteiger charge is -2.35. The van der Waals surface area contributed by atoms with Crippen LogP contribution in [0.3, 0.4) is 0 Å². The van der Waals surface area contributed by atoms with E-state index in [-0.39, 0.29) is 22.6 Å². The molecular formula is C26H24N4O2S2. The van der Waals surface area contributed by atoms with E-state index in [2.05, 4.69) is 30.2 Å². The summed E-state index contributed by atoms with van der Waals surface area (Å²) in [5, 5.41) is 5.66. The fourth-order valence-electron chi connectivity index (χ4n) is 4.43. The summed E-state index contributed by atoms with van der Waals surface area (Å²) < 4.78 is 1.65. The molecule has 0 fully saturated rings. The first-order valence-corrected chi connectivity index (χ1v) is 13.0. The Bertz CT molecular complexity index is 1400. The summed E-state index contributed by atoms with van der Waals surface area (Å²) in [6, 6.07) is 17.7. The molecular weight excluding hydrogens is 464 g/mol. The van der Waals surface area contributed by atoms with Gasteiger partial charge in [-0.15, -0.1) is 11.3 Å². The lowest BCUT2D eigenvalue weighted by Crippen LogP contribution is -2.39. The number of carbonyl (C=O) groups is 1. The van der Waals surface area contributed by atoms with Crippen LogP contribution in [0, 0.1) is 0 Å². The monoisotopic (exact) mass is 488 g/mol. The highest BCUT2D eigenvalue weighted by Crippen LogP contribution is 2.43. The van der Waals surface area contributed by atoms with Gasteiger partial charge < -0.3 is 5.32 Å². The van der Waals surface area contributed by atoms with E-state index in [1.54, 1.807) is 10.8 Å². The van der Waals surface area contributed by atoms with Gasteiger partial charge >= 0.3 is 0 Å². The van der Waals surface area contributed by atoms with Crippen LogP contribution in [0.25, 0.3) is 16.9 Å². The molecule has 0 spiro atoms. The van der Waals surface area contributed by atoms with E-state index < -0.39 is 0 Å². The molecule has 0 bridgehead atoms. The van der Waals surface area contributed by atoms with Crippen molar-refractivity contribution in [2.45, 2.75) is 37.3 Å². The van der Waals surface area contributed by atoms with Gasteiger partial charge in [-0.1, -0.05) is 68.1 Å². The second-order valence-electron chi connectivity index (χ2n) is 8.52. The van der Waals surface area contributed by atoms with Crippen molar-refractivity contribution >= 4 is 34.1 Å². The van der Waals surface area contributed by atoms with Crippen molar-refractivity contribution in [1.82, 2.24) is 14.5 Å². The highest BCUT2D eigenvalue weighted by Gasteiger charge is 2.38. The van der Waals surface area contributed by atoms with Crippen molar-refractivity contribution in [3.05, 3.63) is 87.7 Å². The van der Waals surface area contributed by atoms with E-state index >= 15 is 0 Å². The van der Waals surface area contributed by atoms with Gasteiger partial charge in [-0.2, -0.15) is 0 Å². The molecule has 4 aromatic rings. The number of thioether (sulfide) groups is 1. The maximum atomic E-state index is 14.1. The minimum Gasteiger partial charge on any atom is -0.301 e. The largest absolute Gasteiger partial charge is 0.301 e. The number of hydrogen-bond acceptors (Lipinski definition) is 6. The molecule has 1 N–H and O–H groups in total. The van der Waals surface area contributed by atoms with Crippen LogP contribution in [0.5, 0.6) is 0 Å². The van der Waals surface area contributed by atoms with Crippen LogP contribution in [0.4, 0.5) is 5.13 Å². The zero-order valence-electron chi connectivity index (χ0n) is 18.9. The number of rotatable bonds is 6. The van der Waals surface area contributed by atoms with Crippen molar-refractivity contribution in [2.24, 2.45) is 0 Å². The molecule has 0 saturated carbocycles. The molecule has 1 atom stereocenters. The summed E-state index contributed by atoms with van der Waals surface area (Å²) in [7, 11) is 0. The third kappa shape index (κ3) is 4.08. The van der Waals surface area contributed by atoms with Gasteiger partial charge in [-0.05, 0) is 30.5 Å². The van der Waals surface area contributed by atoms with E-state index in [0.717, 1.165) is 35.3 Å². The molecule has 2 heterocycles. The zero-order valence-corrected chi connectivity index (χ0v) is 20.6. The standard InChI is InChI=1S/C26H24N4O2S2/c1-3-26(2)15-17-9-7-8-12-19(17)22-21(26)23(32)30(18-10-5-4-6-11-18)25(29-22)34-16-20(31)28-24-27-13-14-33-24/h4-14H,3,15-16H2,1-2H3,(H,27,28,31)/t26-/m1/s1. The van der Waals surface area contributed by atoms with Crippen molar-refractivity contribution in [2.75, 3.05) is 11.1 Å². The number of anilines is 1. The Morgan fingerprint density at radius 3 is 2.68 bits per heavy atom.